The Morgan fingerprint density at radius 1 is 0.933 bits per heavy atom. The molecule has 1 aliphatic rings. The van der Waals surface area contributed by atoms with Crippen molar-refractivity contribution in [2.75, 3.05) is 26.2 Å². The lowest BCUT2D eigenvalue weighted by Gasteiger charge is -2.32. The van der Waals surface area contributed by atoms with Crippen molar-refractivity contribution in [1.29, 1.82) is 0 Å². The molecular weight excluding hydrogens is 430 g/mol. The molecule has 1 aliphatic heterocycles. The van der Waals surface area contributed by atoms with Crippen LogP contribution in [0.15, 0.2) is 58.8 Å². The summed E-state index contributed by atoms with van der Waals surface area (Å²) in [6.07, 6.45) is 1.49. The number of non-ortho nitro benzene ring substituents is 1. The van der Waals surface area contributed by atoms with Gasteiger partial charge >= 0.3 is 0 Å². The molecule has 160 valence electrons. The maximum Gasteiger partial charge on any atom is 0.270 e. The van der Waals surface area contributed by atoms with Gasteiger partial charge in [0.2, 0.25) is 20.0 Å². The van der Waals surface area contributed by atoms with Crippen molar-refractivity contribution in [3.63, 3.8) is 0 Å². The van der Waals surface area contributed by atoms with E-state index in [0.29, 0.717) is 5.56 Å². The van der Waals surface area contributed by atoms with E-state index < -0.39 is 25.0 Å². The van der Waals surface area contributed by atoms with E-state index in [1.165, 1.54) is 22.5 Å². The van der Waals surface area contributed by atoms with Gasteiger partial charge in [0.15, 0.2) is 0 Å². The molecule has 0 amide bonds. The van der Waals surface area contributed by atoms with Gasteiger partial charge in [-0.3, -0.25) is 10.1 Å². The van der Waals surface area contributed by atoms with Gasteiger partial charge in [-0.05, 0) is 24.1 Å². The summed E-state index contributed by atoms with van der Waals surface area (Å²) in [7, 11) is -7.68. The van der Waals surface area contributed by atoms with Gasteiger partial charge in [-0.25, -0.2) is 16.8 Å². The number of benzene rings is 2. The number of hydrogen-bond donors (Lipinski definition) is 0. The van der Waals surface area contributed by atoms with E-state index in [2.05, 4.69) is 0 Å². The van der Waals surface area contributed by atoms with Crippen LogP contribution in [-0.4, -0.2) is 56.5 Å². The van der Waals surface area contributed by atoms with Crippen LogP contribution < -0.4 is 0 Å². The highest BCUT2D eigenvalue weighted by atomic mass is 32.2. The summed E-state index contributed by atoms with van der Waals surface area (Å²) < 4.78 is 53.4. The van der Waals surface area contributed by atoms with Crippen LogP contribution >= 0.6 is 0 Å². The molecule has 0 unspecified atom stereocenters. The first kappa shape index (κ1) is 22.1. The third-order valence-corrected chi connectivity index (χ3v) is 8.40. The zero-order chi connectivity index (χ0) is 21.9. The first-order chi connectivity index (χ1) is 14.1. The van der Waals surface area contributed by atoms with Crippen LogP contribution in [0.1, 0.15) is 11.1 Å². The van der Waals surface area contributed by atoms with Crippen LogP contribution in [0.4, 0.5) is 5.69 Å². The van der Waals surface area contributed by atoms with Crippen LogP contribution in [0.5, 0.6) is 0 Å². The molecule has 11 heteroatoms. The summed E-state index contributed by atoms with van der Waals surface area (Å²) >= 11 is 0. The minimum absolute atomic E-state index is 0.00529. The normalized spacial score (nSPS) is 16.7. The quantitative estimate of drug-likeness (QED) is 0.491. The summed E-state index contributed by atoms with van der Waals surface area (Å²) in [6, 6.07) is 12.6. The molecule has 3 rings (SSSR count). The zero-order valence-electron chi connectivity index (χ0n) is 16.2. The third kappa shape index (κ3) is 4.75. The monoisotopic (exact) mass is 451 g/mol. The Balaban J connectivity index is 1.74. The Bertz CT molecular complexity index is 1170. The highest BCUT2D eigenvalue weighted by molar-refractivity contribution is 7.92. The fourth-order valence-electron chi connectivity index (χ4n) is 3.10. The Morgan fingerprint density at radius 2 is 1.53 bits per heavy atom. The predicted molar refractivity (Wildman–Crippen MR) is 113 cm³/mol. The van der Waals surface area contributed by atoms with E-state index in [4.69, 9.17) is 0 Å². The summed E-state index contributed by atoms with van der Waals surface area (Å²) in [6.45, 7) is 1.47. The number of nitro groups is 1. The number of hydrogen-bond acceptors (Lipinski definition) is 6. The highest BCUT2D eigenvalue weighted by Crippen LogP contribution is 2.26. The molecule has 1 saturated heterocycles. The van der Waals surface area contributed by atoms with Gasteiger partial charge in [-0.15, -0.1) is 0 Å². The van der Waals surface area contributed by atoms with Crippen molar-refractivity contribution in [2.45, 2.75) is 11.8 Å². The lowest BCUT2D eigenvalue weighted by Crippen LogP contribution is -2.50. The second kappa shape index (κ2) is 8.64. The van der Waals surface area contributed by atoms with E-state index in [0.717, 1.165) is 21.3 Å². The van der Waals surface area contributed by atoms with Gasteiger partial charge in [0.1, 0.15) is 0 Å². The van der Waals surface area contributed by atoms with Crippen molar-refractivity contribution in [2.24, 2.45) is 0 Å². The average Bonchev–Trinajstić information content (AvgIpc) is 2.73. The van der Waals surface area contributed by atoms with Crippen molar-refractivity contribution in [1.82, 2.24) is 8.61 Å². The van der Waals surface area contributed by atoms with Gasteiger partial charge in [-0.1, -0.05) is 36.4 Å². The molecule has 0 saturated carbocycles. The Morgan fingerprint density at radius 3 is 2.13 bits per heavy atom. The number of sulfonamides is 2. The van der Waals surface area contributed by atoms with Crippen LogP contribution in [0, 0.1) is 17.0 Å². The summed E-state index contributed by atoms with van der Waals surface area (Å²) in [5.74, 6) is 0. The molecule has 0 aliphatic carbocycles. The summed E-state index contributed by atoms with van der Waals surface area (Å²) in [5.41, 5.74) is 0.816. The minimum atomic E-state index is -3.98. The fraction of sp³-hybridized carbons (Fsp3) is 0.263. The first-order valence-electron chi connectivity index (χ1n) is 9.10. The second-order valence-electron chi connectivity index (χ2n) is 6.77. The highest BCUT2D eigenvalue weighted by Gasteiger charge is 2.33. The van der Waals surface area contributed by atoms with Gasteiger partial charge in [0, 0.05) is 43.7 Å². The number of piperazine rings is 1. The Labute approximate surface area is 175 Å². The van der Waals surface area contributed by atoms with E-state index in [9.17, 15) is 26.9 Å². The lowest BCUT2D eigenvalue weighted by atomic mass is 10.2. The Kier molecular flexibility index (Phi) is 6.36. The van der Waals surface area contributed by atoms with Crippen molar-refractivity contribution >= 4 is 31.8 Å². The molecule has 2 aromatic carbocycles. The molecule has 1 fully saturated rings. The standard InChI is InChI=1S/C19H21N3O6S2/c1-16-7-8-18(22(23)24)15-19(16)30(27,28)21-12-10-20(11-13-21)29(25,26)14-9-17-5-3-2-4-6-17/h2-9,14-15H,10-13H2,1H3/b14-9+. The second-order valence-corrected chi connectivity index (χ2v) is 10.5. The van der Waals surface area contributed by atoms with Crippen molar-refractivity contribution in [3.05, 3.63) is 75.2 Å². The van der Waals surface area contributed by atoms with E-state index in [-0.39, 0.29) is 36.8 Å². The fourth-order valence-corrected chi connectivity index (χ4v) is 5.94. The molecule has 0 N–H and O–H groups in total. The SMILES string of the molecule is Cc1ccc([N+](=O)[O-])cc1S(=O)(=O)N1CCN(S(=O)(=O)/C=C/c2ccccc2)CC1. The van der Waals surface area contributed by atoms with Crippen LogP contribution in [0.3, 0.4) is 0 Å². The maximum atomic E-state index is 13.0. The van der Waals surface area contributed by atoms with Crippen molar-refractivity contribution < 1.29 is 21.8 Å². The van der Waals surface area contributed by atoms with Crippen LogP contribution in [0.25, 0.3) is 6.08 Å². The molecule has 0 atom stereocenters. The molecule has 2 aromatic rings. The van der Waals surface area contributed by atoms with E-state index in [1.807, 2.05) is 6.07 Å². The minimum Gasteiger partial charge on any atom is -0.258 e. The van der Waals surface area contributed by atoms with Gasteiger partial charge in [-0.2, -0.15) is 8.61 Å². The van der Waals surface area contributed by atoms with Crippen LogP contribution in [-0.2, 0) is 20.0 Å². The largest absolute Gasteiger partial charge is 0.270 e. The number of aryl methyl sites for hydroxylation is 1. The van der Waals surface area contributed by atoms with Gasteiger partial charge in [0.05, 0.1) is 9.82 Å². The summed E-state index contributed by atoms with van der Waals surface area (Å²) in [4.78, 5) is 10.2. The van der Waals surface area contributed by atoms with E-state index >= 15 is 0 Å². The lowest BCUT2D eigenvalue weighted by molar-refractivity contribution is -0.385. The molecule has 30 heavy (non-hydrogen) atoms. The molecule has 1 heterocycles. The third-order valence-electron chi connectivity index (χ3n) is 4.79. The molecule has 0 spiro atoms. The van der Waals surface area contributed by atoms with E-state index in [1.54, 1.807) is 31.2 Å². The van der Waals surface area contributed by atoms with Gasteiger partial charge in [0.25, 0.3) is 5.69 Å². The molecule has 9 nitrogen and oxygen atoms in total. The zero-order valence-corrected chi connectivity index (χ0v) is 17.8. The number of nitro benzene ring substituents is 1. The Hall–Kier alpha value is -2.60. The molecule has 0 aromatic heterocycles. The summed E-state index contributed by atoms with van der Waals surface area (Å²) in [5, 5.41) is 12.1. The van der Waals surface area contributed by atoms with Crippen LogP contribution in [0.2, 0.25) is 0 Å². The molecule has 0 bridgehead atoms. The predicted octanol–water partition coefficient (Wildman–Crippen LogP) is 2.21. The molecular formula is C19H21N3O6S2. The number of rotatable bonds is 6. The first-order valence-corrected chi connectivity index (χ1v) is 12.0. The number of nitrogens with zero attached hydrogens (tertiary/aromatic N) is 3. The van der Waals surface area contributed by atoms with Crippen molar-refractivity contribution in [3.8, 4) is 0 Å². The maximum absolute atomic E-state index is 13.0. The topological polar surface area (TPSA) is 118 Å². The van der Waals surface area contributed by atoms with Gasteiger partial charge < -0.3 is 0 Å². The average molecular weight is 452 g/mol. The smallest absolute Gasteiger partial charge is 0.258 e. The molecule has 0 radical (unpaired) electrons.